The van der Waals surface area contributed by atoms with E-state index in [9.17, 15) is 0 Å². The molecule has 1 saturated carbocycles. The van der Waals surface area contributed by atoms with Crippen molar-refractivity contribution >= 4 is 8.32 Å². The summed E-state index contributed by atoms with van der Waals surface area (Å²) in [7, 11) is -1.58. The molecule has 1 aliphatic carbocycles. The van der Waals surface area contributed by atoms with Crippen LogP contribution in [-0.4, -0.2) is 40.7 Å². The van der Waals surface area contributed by atoms with Crippen molar-refractivity contribution in [3.8, 4) is 0 Å². The monoisotopic (exact) mass is 315 g/mol. The van der Waals surface area contributed by atoms with Crippen molar-refractivity contribution in [3.05, 3.63) is 0 Å². The maximum atomic E-state index is 6.13. The Hall–Kier alpha value is 0.0969. The molecule has 1 atom stereocenters. The van der Waals surface area contributed by atoms with Gasteiger partial charge in [0.2, 0.25) is 0 Å². The van der Waals surface area contributed by atoms with Gasteiger partial charge in [-0.25, -0.2) is 0 Å². The summed E-state index contributed by atoms with van der Waals surface area (Å²) in [6.07, 6.45) is 9.00. The van der Waals surface area contributed by atoms with E-state index in [-0.39, 0.29) is 0 Å². The third kappa shape index (κ3) is 7.77. The fraction of sp³-hybridized carbons (Fsp3) is 1.00. The zero-order valence-corrected chi connectivity index (χ0v) is 16.0. The lowest BCUT2D eigenvalue weighted by molar-refractivity contribution is 0.0569. The predicted molar refractivity (Wildman–Crippen MR) is 93.5 cm³/mol. The molecule has 3 nitrogen and oxygen atoms in total. The smallest absolute Gasteiger partial charge is 0.192 e. The van der Waals surface area contributed by atoms with Gasteiger partial charge in [-0.05, 0) is 18.1 Å². The second-order valence-electron chi connectivity index (χ2n) is 7.92. The first-order valence-electron chi connectivity index (χ1n) is 8.78. The van der Waals surface area contributed by atoms with E-state index in [4.69, 9.17) is 9.16 Å². The molecule has 0 aromatic carbocycles. The first kappa shape index (κ1) is 19.1. The van der Waals surface area contributed by atoms with E-state index < -0.39 is 8.32 Å². The molecule has 0 aromatic heterocycles. The molecule has 1 N–H and O–H groups in total. The summed E-state index contributed by atoms with van der Waals surface area (Å²) in [5.41, 5.74) is 0. The normalized spacial score (nSPS) is 24.1. The number of ether oxygens (including phenoxy) is 1. The minimum absolute atomic E-state index is 0.294. The van der Waals surface area contributed by atoms with Crippen molar-refractivity contribution in [2.45, 2.75) is 83.5 Å². The van der Waals surface area contributed by atoms with Gasteiger partial charge in [0.1, 0.15) is 0 Å². The number of nitrogens with one attached hydrogen (secondary N) is 1. The van der Waals surface area contributed by atoms with Gasteiger partial charge in [0, 0.05) is 6.54 Å². The third-order valence-electron chi connectivity index (χ3n) is 4.95. The van der Waals surface area contributed by atoms with Crippen LogP contribution in [-0.2, 0) is 9.16 Å². The van der Waals surface area contributed by atoms with Crippen LogP contribution in [0.25, 0.3) is 0 Å². The molecule has 2 fully saturated rings. The highest BCUT2D eigenvalue weighted by Gasteiger charge is 2.37. The van der Waals surface area contributed by atoms with Gasteiger partial charge >= 0.3 is 0 Å². The van der Waals surface area contributed by atoms with E-state index in [1.54, 1.807) is 0 Å². The lowest BCUT2D eigenvalue weighted by Gasteiger charge is -2.37. The van der Waals surface area contributed by atoms with Crippen LogP contribution in [0.2, 0.25) is 18.1 Å². The first-order valence-corrected chi connectivity index (χ1v) is 11.7. The van der Waals surface area contributed by atoms with Crippen molar-refractivity contribution in [1.29, 1.82) is 0 Å². The van der Waals surface area contributed by atoms with E-state index in [0.717, 1.165) is 26.4 Å². The molecule has 0 bridgehead atoms. The van der Waals surface area contributed by atoms with Gasteiger partial charge in [-0.2, -0.15) is 0 Å². The number of hydrogen-bond acceptors (Lipinski definition) is 3. The molecule has 0 radical (unpaired) electrons. The average molecular weight is 316 g/mol. The van der Waals surface area contributed by atoms with Crippen molar-refractivity contribution in [2.24, 2.45) is 0 Å². The molecule has 2 rings (SSSR count). The van der Waals surface area contributed by atoms with Crippen LogP contribution in [0.5, 0.6) is 0 Å². The molecule has 1 saturated heterocycles. The van der Waals surface area contributed by atoms with Gasteiger partial charge in [0.05, 0.1) is 25.9 Å². The summed E-state index contributed by atoms with van der Waals surface area (Å²) in [5.74, 6) is 0. The van der Waals surface area contributed by atoms with Crippen LogP contribution in [0.4, 0.5) is 0 Å². The Kier molecular flexibility index (Phi) is 8.46. The van der Waals surface area contributed by atoms with Crippen molar-refractivity contribution in [2.75, 3.05) is 26.4 Å². The van der Waals surface area contributed by atoms with Gasteiger partial charge in [0.15, 0.2) is 8.32 Å². The number of hydrogen-bond donors (Lipinski definition) is 1. The predicted octanol–water partition coefficient (Wildman–Crippen LogP) is 4.34. The Balaban J connectivity index is 0.000000304. The second-order valence-corrected chi connectivity index (χ2v) is 12.7. The Morgan fingerprint density at radius 3 is 1.95 bits per heavy atom. The molecule has 126 valence electrons. The molecule has 4 heteroatoms. The molecule has 1 aliphatic heterocycles. The summed E-state index contributed by atoms with van der Waals surface area (Å²) in [6, 6.07) is 0.382. The van der Waals surface area contributed by atoms with Crippen LogP contribution in [0.3, 0.4) is 0 Å². The zero-order valence-electron chi connectivity index (χ0n) is 15.0. The fourth-order valence-corrected chi connectivity index (χ4v) is 3.36. The van der Waals surface area contributed by atoms with E-state index >= 15 is 0 Å². The standard InChI is InChI=1S/C11H25NO2Si.C6H12/c1-11(2,3)15(4,5)14-9-10-8-13-7-6-12-10;1-2-4-6-5-3-1/h10,12H,6-9H2,1-5H3;1-6H2/t10-;/m0./s1. The Morgan fingerprint density at radius 2 is 1.57 bits per heavy atom. The minimum Gasteiger partial charge on any atom is -0.415 e. The molecule has 2 aliphatic rings. The van der Waals surface area contributed by atoms with E-state index in [1.165, 1.54) is 38.5 Å². The quantitative estimate of drug-likeness (QED) is 0.786. The maximum Gasteiger partial charge on any atom is 0.192 e. The highest BCUT2D eigenvalue weighted by atomic mass is 28.4. The highest BCUT2D eigenvalue weighted by molar-refractivity contribution is 6.74. The summed E-state index contributed by atoms with van der Waals surface area (Å²) >= 11 is 0. The van der Waals surface area contributed by atoms with Crippen molar-refractivity contribution < 1.29 is 9.16 Å². The van der Waals surface area contributed by atoms with Crippen molar-refractivity contribution in [3.63, 3.8) is 0 Å². The van der Waals surface area contributed by atoms with Crippen LogP contribution < -0.4 is 5.32 Å². The Bertz CT molecular complexity index is 255. The van der Waals surface area contributed by atoms with Gasteiger partial charge in [0.25, 0.3) is 0 Å². The first-order chi connectivity index (χ1) is 9.83. The second kappa shape index (κ2) is 9.28. The number of morpholine rings is 1. The molecule has 0 spiro atoms. The zero-order chi connectivity index (χ0) is 15.8. The SMILES string of the molecule is C1CCCCC1.CC(C)(C)[Si](C)(C)OC[C@@H]1COCCN1. The van der Waals surface area contributed by atoms with Gasteiger partial charge in [-0.3, -0.25) is 0 Å². The molecule has 0 amide bonds. The van der Waals surface area contributed by atoms with E-state index in [1.807, 2.05) is 0 Å². The number of rotatable bonds is 3. The summed E-state index contributed by atoms with van der Waals surface area (Å²) in [4.78, 5) is 0. The van der Waals surface area contributed by atoms with Crippen molar-refractivity contribution in [1.82, 2.24) is 5.32 Å². The van der Waals surface area contributed by atoms with Gasteiger partial charge < -0.3 is 14.5 Å². The average Bonchev–Trinajstić information content (AvgIpc) is 2.48. The summed E-state index contributed by atoms with van der Waals surface area (Å²) in [5, 5.41) is 3.71. The molecular weight excluding hydrogens is 278 g/mol. The largest absolute Gasteiger partial charge is 0.415 e. The van der Waals surface area contributed by atoms with E-state index in [0.29, 0.717) is 11.1 Å². The Labute approximate surface area is 133 Å². The molecule has 0 unspecified atom stereocenters. The molecule has 1 heterocycles. The molecule has 21 heavy (non-hydrogen) atoms. The summed E-state index contributed by atoms with van der Waals surface area (Å²) in [6.45, 7) is 14.7. The lowest BCUT2D eigenvalue weighted by atomic mass is 10.0. The molecule has 0 aromatic rings. The minimum atomic E-state index is -1.58. The summed E-state index contributed by atoms with van der Waals surface area (Å²) < 4.78 is 11.5. The van der Waals surface area contributed by atoms with Crippen LogP contribution in [0.1, 0.15) is 59.3 Å². The van der Waals surface area contributed by atoms with Gasteiger partial charge in [-0.15, -0.1) is 0 Å². The van der Waals surface area contributed by atoms with Crippen LogP contribution in [0, 0.1) is 0 Å². The fourth-order valence-electron chi connectivity index (χ4n) is 2.31. The lowest BCUT2D eigenvalue weighted by Crippen LogP contribution is -2.49. The third-order valence-corrected chi connectivity index (χ3v) is 9.45. The molecular formula is C17H37NO2Si. The van der Waals surface area contributed by atoms with E-state index in [2.05, 4.69) is 39.2 Å². The highest BCUT2D eigenvalue weighted by Crippen LogP contribution is 2.36. The maximum absolute atomic E-state index is 6.13. The Morgan fingerprint density at radius 1 is 1.05 bits per heavy atom. The van der Waals surface area contributed by atoms with Crippen LogP contribution in [0.15, 0.2) is 0 Å². The van der Waals surface area contributed by atoms with Crippen LogP contribution >= 0.6 is 0 Å². The van der Waals surface area contributed by atoms with Gasteiger partial charge in [-0.1, -0.05) is 59.3 Å². The topological polar surface area (TPSA) is 30.5 Å².